The molecule has 2 aromatic rings. The maximum absolute atomic E-state index is 13.5. The molecule has 0 bridgehead atoms. The van der Waals surface area contributed by atoms with Crippen LogP contribution in [0.3, 0.4) is 0 Å². The molecular weight excluding hydrogens is 368 g/mol. The molecule has 0 aliphatic heterocycles. The Morgan fingerprint density at radius 2 is 1.69 bits per heavy atom. The highest BCUT2D eigenvalue weighted by molar-refractivity contribution is 6.34. The van der Waals surface area contributed by atoms with Gasteiger partial charge in [0.2, 0.25) is 11.6 Å². The number of methoxy groups -OCH3 is 1. The number of carbonyl (C=O) groups is 3. The van der Waals surface area contributed by atoms with E-state index in [2.05, 4.69) is 10.6 Å². The molecule has 0 saturated carbocycles. The fraction of sp³-hybridized carbons (Fsp3) is 0.348. The van der Waals surface area contributed by atoms with E-state index in [9.17, 15) is 14.4 Å². The van der Waals surface area contributed by atoms with Crippen molar-refractivity contribution in [2.45, 2.75) is 38.6 Å². The van der Waals surface area contributed by atoms with Crippen LogP contribution in [-0.2, 0) is 5.54 Å². The lowest BCUT2D eigenvalue weighted by atomic mass is 9.83. The van der Waals surface area contributed by atoms with Crippen LogP contribution in [0.1, 0.15) is 65.0 Å². The molecule has 1 aliphatic carbocycles. The summed E-state index contributed by atoms with van der Waals surface area (Å²) in [5, 5.41) is 5.38. The minimum atomic E-state index is -1.86. The van der Waals surface area contributed by atoms with Gasteiger partial charge >= 0.3 is 6.03 Å². The molecule has 2 amide bonds. The Balaban J connectivity index is 2.20. The second-order valence-corrected chi connectivity index (χ2v) is 7.45. The smallest absolute Gasteiger partial charge is 0.316 e. The van der Waals surface area contributed by atoms with E-state index in [-0.39, 0.29) is 5.92 Å². The van der Waals surface area contributed by atoms with Gasteiger partial charge in [0.1, 0.15) is 5.75 Å². The fourth-order valence-corrected chi connectivity index (χ4v) is 3.64. The zero-order valence-corrected chi connectivity index (χ0v) is 17.2. The van der Waals surface area contributed by atoms with E-state index in [4.69, 9.17) is 4.74 Å². The molecule has 2 N–H and O–H groups in total. The molecule has 6 heteroatoms. The highest BCUT2D eigenvalue weighted by Crippen LogP contribution is 2.42. The third-order valence-corrected chi connectivity index (χ3v) is 5.23. The third kappa shape index (κ3) is 3.39. The summed E-state index contributed by atoms with van der Waals surface area (Å²) in [6.45, 7) is 6.44. The van der Waals surface area contributed by atoms with Crippen molar-refractivity contribution in [1.29, 1.82) is 0 Å². The van der Waals surface area contributed by atoms with Gasteiger partial charge < -0.3 is 15.4 Å². The number of ketones is 2. The van der Waals surface area contributed by atoms with Crippen molar-refractivity contribution >= 4 is 17.6 Å². The second-order valence-electron chi connectivity index (χ2n) is 7.45. The summed E-state index contributed by atoms with van der Waals surface area (Å²) in [6.07, 6.45) is 0.731. The number of hydrogen-bond acceptors (Lipinski definition) is 4. The summed E-state index contributed by atoms with van der Waals surface area (Å²) in [6, 6.07) is 11.4. The maximum atomic E-state index is 13.5. The first-order valence-electron chi connectivity index (χ1n) is 9.79. The summed E-state index contributed by atoms with van der Waals surface area (Å²) >= 11 is 0. The molecule has 0 unspecified atom stereocenters. The highest BCUT2D eigenvalue weighted by atomic mass is 16.5. The van der Waals surface area contributed by atoms with Crippen LogP contribution in [0.25, 0.3) is 0 Å². The van der Waals surface area contributed by atoms with E-state index in [1.54, 1.807) is 30.3 Å². The number of benzene rings is 2. The number of ether oxygens (including phenoxy) is 1. The van der Waals surface area contributed by atoms with Crippen molar-refractivity contribution in [1.82, 2.24) is 10.6 Å². The Bertz CT molecular complexity index is 930. The monoisotopic (exact) mass is 394 g/mol. The molecule has 0 atom stereocenters. The molecule has 1 aliphatic rings. The Morgan fingerprint density at radius 3 is 2.21 bits per heavy atom. The van der Waals surface area contributed by atoms with E-state index >= 15 is 0 Å². The summed E-state index contributed by atoms with van der Waals surface area (Å²) in [5.74, 6) is -0.288. The average molecular weight is 394 g/mol. The molecule has 0 heterocycles. The van der Waals surface area contributed by atoms with Crippen LogP contribution in [0.15, 0.2) is 42.5 Å². The van der Waals surface area contributed by atoms with Gasteiger partial charge in [-0.25, -0.2) is 4.79 Å². The van der Waals surface area contributed by atoms with Crippen molar-refractivity contribution in [3.05, 3.63) is 64.7 Å². The van der Waals surface area contributed by atoms with Crippen LogP contribution in [0.2, 0.25) is 0 Å². The van der Waals surface area contributed by atoms with Gasteiger partial charge in [-0.2, -0.15) is 0 Å². The molecule has 2 aromatic carbocycles. The van der Waals surface area contributed by atoms with E-state index in [0.29, 0.717) is 29.0 Å². The van der Waals surface area contributed by atoms with Gasteiger partial charge in [-0.1, -0.05) is 57.2 Å². The lowest BCUT2D eigenvalue weighted by Gasteiger charge is -2.29. The number of rotatable bonds is 6. The Kier molecular flexibility index (Phi) is 5.73. The van der Waals surface area contributed by atoms with E-state index < -0.39 is 23.1 Å². The first-order chi connectivity index (χ1) is 13.9. The van der Waals surface area contributed by atoms with Gasteiger partial charge in [-0.3, -0.25) is 9.59 Å². The van der Waals surface area contributed by atoms with E-state index in [1.807, 2.05) is 32.9 Å². The molecule has 0 aromatic heterocycles. The molecule has 0 radical (unpaired) electrons. The highest BCUT2D eigenvalue weighted by Gasteiger charge is 2.56. The van der Waals surface area contributed by atoms with Gasteiger partial charge in [0.25, 0.3) is 0 Å². The number of Topliss-reactive ketones (excluding diaryl/α,β-unsaturated/α-hetero) is 2. The summed E-state index contributed by atoms with van der Waals surface area (Å²) in [4.78, 5) is 39.6. The molecule has 0 spiro atoms. The molecular formula is C23H26N2O4. The molecule has 0 saturated heterocycles. The lowest BCUT2D eigenvalue weighted by molar-refractivity contribution is 0.0759. The van der Waals surface area contributed by atoms with E-state index in [0.717, 1.165) is 12.0 Å². The molecule has 152 valence electrons. The molecule has 6 nitrogen and oxygen atoms in total. The number of hydrogen-bond donors (Lipinski definition) is 2. The third-order valence-electron chi connectivity index (χ3n) is 5.23. The van der Waals surface area contributed by atoms with Gasteiger partial charge in [0, 0.05) is 23.2 Å². The van der Waals surface area contributed by atoms with Crippen LogP contribution in [0.4, 0.5) is 4.79 Å². The van der Waals surface area contributed by atoms with Crippen molar-refractivity contribution < 1.29 is 19.1 Å². The second kappa shape index (κ2) is 8.07. The fourth-order valence-electron chi connectivity index (χ4n) is 3.64. The first-order valence-corrected chi connectivity index (χ1v) is 9.79. The SMILES string of the molecule is CCCNC(=O)NC1(c2ccc(C(C)C)cc2OC)C(=O)c2ccccc2C1=O. The van der Waals surface area contributed by atoms with Gasteiger partial charge in [-0.05, 0) is 24.0 Å². The van der Waals surface area contributed by atoms with Crippen molar-refractivity contribution in [3.63, 3.8) is 0 Å². The van der Waals surface area contributed by atoms with Crippen LogP contribution in [0, 0.1) is 0 Å². The first kappa shape index (κ1) is 20.6. The quantitative estimate of drug-likeness (QED) is 0.730. The minimum absolute atomic E-state index is 0.238. The lowest BCUT2D eigenvalue weighted by Crippen LogP contribution is -2.56. The number of carbonyl (C=O) groups excluding carboxylic acids is 3. The standard InChI is InChI=1S/C23H26N2O4/c1-5-12-24-22(28)25-23(18-11-10-15(14(2)3)13-19(18)29-4)20(26)16-8-6-7-9-17(16)21(23)27/h6-11,13-14H,5,12H2,1-4H3,(H2,24,25,28). The van der Waals surface area contributed by atoms with Crippen molar-refractivity contribution in [3.8, 4) is 5.75 Å². The van der Waals surface area contributed by atoms with Crippen molar-refractivity contribution in [2.24, 2.45) is 0 Å². The number of fused-ring (bicyclic) bond motifs is 1. The average Bonchev–Trinajstić information content (AvgIpc) is 2.94. The summed E-state index contributed by atoms with van der Waals surface area (Å²) in [7, 11) is 1.49. The maximum Gasteiger partial charge on any atom is 0.316 e. The van der Waals surface area contributed by atoms with Crippen LogP contribution in [-0.4, -0.2) is 31.3 Å². The predicted octanol–water partition coefficient (Wildman–Crippen LogP) is 3.80. The van der Waals surface area contributed by atoms with E-state index in [1.165, 1.54) is 7.11 Å². The van der Waals surface area contributed by atoms with Gasteiger partial charge in [-0.15, -0.1) is 0 Å². The topological polar surface area (TPSA) is 84.5 Å². The minimum Gasteiger partial charge on any atom is -0.496 e. The number of nitrogens with one attached hydrogen (secondary N) is 2. The van der Waals surface area contributed by atoms with Crippen LogP contribution < -0.4 is 15.4 Å². The van der Waals surface area contributed by atoms with Crippen LogP contribution >= 0.6 is 0 Å². The summed E-state index contributed by atoms with van der Waals surface area (Å²) < 4.78 is 5.56. The Hall–Kier alpha value is -3.15. The van der Waals surface area contributed by atoms with Gasteiger partial charge in [0.15, 0.2) is 5.54 Å². The van der Waals surface area contributed by atoms with Gasteiger partial charge in [0.05, 0.1) is 7.11 Å². The zero-order chi connectivity index (χ0) is 21.2. The largest absolute Gasteiger partial charge is 0.496 e. The predicted molar refractivity (Wildman–Crippen MR) is 111 cm³/mol. The Labute approximate surface area is 170 Å². The van der Waals surface area contributed by atoms with Crippen molar-refractivity contribution in [2.75, 3.05) is 13.7 Å². The normalized spacial score (nSPS) is 14.7. The molecule has 3 rings (SSSR count). The number of urea groups is 1. The Morgan fingerprint density at radius 1 is 1.07 bits per heavy atom. The zero-order valence-electron chi connectivity index (χ0n) is 17.2. The van der Waals surface area contributed by atoms with Crippen LogP contribution in [0.5, 0.6) is 5.75 Å². The molecule has 0 fully saturated rings. The molecule has 29 heavy (non-hydrogen) atoms. The number of amides is 2. The summed E-state index contributed by atoms with van der Waals surface area (Å²) in [5.41, 5.74) is 0.0722.